The molecule has 0 radical (unpaired) electrons. The summed E-state index contributed by atoms with van der Waals surface area (Å²) in [6.07, 6.45) is 1.20. The Labute approximate surface area is 155 Å². The van der Waals surface area contributed by atoms with Crippen LogP contribution in [0.5, 0.6) is 0 Å². The standard InChI is InChI=1S/C23H25NO2/c1-16-14-20(24(21(16)25)22(26)23(2,3)4)15-17-10-12-19(13-11-17)18-8-6-5-7-9-18/h5-13,20H,1,14-15H2,2-4H3. The van der Waals surface area contributed by atoms with E-state index in [1.165, 1.54) is 10.5 Å². The third-order valence-corrected chi connectivity index (χ3v) is 4.76. The minimum atomic E-state index is -0.588. The molecule has 1 unspecified atom stereocenters. The lowest BCUT2D eigenvalue weighted by atomic mass is 9.93. The van der Waals surface area contributed by atoms with E-state index in [1.54, 1.807) is 0 Å². The monoisotopic (exact) mass is 347 g/mol. The Hall–Kier alpha value is -2.68. The number of hydrogen-bond acceptors (Lipinski definition) is 2. The van der Waals surface area contributed by atoms with E-state index in [-0.39, 0.29) is 17.9 Å². The molecule has 2 aromatic carbocycles. The quantitative estimate of drug-likeness (QED) is 0.760. The molecule has 3 nitrogen and oxygen atoms in total. The lowest BCUT2D eigenvalue weighted by Gasteiger charge is -2.29. The van der Waals surface area contributed by atoms with E-state index in [0.29, 0.717) is 18.4 Å². The Kier molecular flexibility index (Phi) is 4.82. The van der Waals surface area contributed by atoms with Crippen molar-refractivity contribution in [3.8, 4) is 11.1 Å². The first-order valence-corrected chi connectivity index (χ1v) is 8.97. The van der Waals surface area contributed by atoms with Crippen LogP contribution >= 0.6 is 0 Å². The second-order valence-electron chi connectivity index (χ2n) is 7.96. The molecule has 0 spiro atoms. The molecule has 0 bridgehead atoms. The smallest absolute Gasteiger partial charge is 0.256 e. The fourth-order valence-electron chi connectivity index (χ4n) is 3.32. The van der Waals surface area contributed by atoms with Crippen molar-refractivity contribution in [2.75, 3.05) is 0 Å². The summed E-state index contributed by atoms with van der Waals surface area (Å²) in [5, 5.41) is 0. The van der Waals surface area contributed by atoms with Crippen molar-refractivity contribution in [2.45, 2.75) is 39.7 Å². The Balaban J connectivity index is 1.80. The molecule has 1 fully saturated rings. The van der Waals surface area contributed by atoms with E-state index in [1.807, 2.05) is 39.0 Å². The first-order valence-electron chi connectivity index (χ1n) is 8.97. The Morgan fingerprint density at radius 3 is 2.19 bits per heavy atom. The zero-order valence-corrected chi connectivity index (χ0v) is 15.7. The van der Waals surface area contributed by atoms with E-state index in [9.17, 15) is 9.59 Å². The van der Waals surface area contributed by atoms with Gasteiger partial charge in [-0.25, -0.2) is 0 Å². The number of carbonyl (C=O) groups is 2. The zero-order chi connectivity index (χ0) is 18.9. The van der Waals surface area contributed by atoms with Crippen LogP contribution in [0.3, 0.4) is 0 Å². The molecule has 26 heavy (non-hydrogen) atoms. The molecule has 134 valence electrons. The molecule has 2 aromatic rings. The summed E-state index contributed by atoms with van der Waals surface area (Å²) in [6, 6.07) is 18.4. The molecular weight excluding hydrogens is 322 g/mol. The van der Waals surface area contributed by atoms with Crippen LogP contribution in [-0.2, 0) is 16.0 Å². The van der Waals surface area contributed by atoms with Gasteiger partial charge in [-0.3, -0.25) is 14.5 Å². The van der Waals surface area contributed by atoms with Gasteiger partial charge in [0.15, 0.2) is 0 Å². The molecule has 2 amide bonds. The molecule has 1 heterocycles. The highest BCUT2D eigenvalue weighted by Crippen LogP contribution is 2.31. The van der Waals surface area contributed by atoms with Gasteiger partial charge < -0.3 is 0 Å². The first kappa shape index (κ1) is 18.1. The van der Waals surface area contributed by atoms with E-state index in [4.69, 9.17) is 0 Å². The molecule has 0 aliphatic carbocycles. The Bertz CT molecular complexity index is 829. The lowest BCUT2D eigenvalue weighted by molar-refractivity contribution is -0.148. The van der Waals surface area contributed by atoms with E-state index < -0.39 is 5.41 Å². The van der Waals surface area contributed by atoms with Crippen molar-refractivity contribution in [1.29, 1.82) is 0 Å². The Morgan fingerprint density at radius 1 is 1.04 bits per heavy atom. The zero-order valence-electron chi connectivity index (χ0n) is 15.7. The molecule has 0 saturated carbocycles. The largest absolute Gasteiger partial charge is 0.275 e. The third-order valence-electron chi connectivity index (χ3n) is 4.76. The molecule has 1 saturated heterocycles. The highest BCUT2D eigenvalue weighted by atomic mass is 16.2. The number of nitrogens with zero attached hydrogens (tertiary/aromatic N) is 1. The van der Waals surface area contributed by atoms with Crippen LogP contribution < -0.4 is 0 Å². The van der Waals surface area contributed by atoms with Crippen LogP contribution in [0, 0.1) is 5.41 Å². The Morgan fingerprint density at radius 2 is 1.62 bits per heavy atom. The fraction of sp³-hybridized carbons (Fsp3) is 0.304. The van der Waals surface area contributed by atoms with Gasteiger partial charge in [0.05, 0.1) is 0 Å². The van der Waals surface area contributed by atoms with Gasteiger partial charge in [-0.05, 0) is 29.5 Å². The van der Waals surface area contributed by atoms with Gasteiger partial charge in [0.2, 0.25) is 5.91 Å². The van der Waals surface area contributed by atoms with Crippen LogP contribution in [0.15, 0.2) is 66.7 Å². The van der Waals surface area contributed by atoms with Gasteiger partial charge in [-0.2, -0.15) is 0 Å². The second-order valence-corrected chi connectivity index (χ2v) is 7.96. The molecule has 0 aromatic heterocycles. The average molecular weight is 347 g/mol. The third kappa shape index (κ3) is 3.62. The fourth-order valence-corrected chi connectivity index (χ4v) is 3.32. The highest BCUT2D eigenvalue weighted by molar-refractivity contribution is 6.07. The molecule has 1 aliphatic rings. The number of carbonyl (C=O) groups excluding carboxylic acids is 2. The van der Waals surface area contributed by atoms with Crippen molar-refractivity contribution in [1.82, 2.24) is 4.90 Å². The van der Waals surface area contributed by atoms with Crippen molar-refractivity contribution in [3.05, 3.63) is 72.3 Å². The summed E-state index contributed by atoms with van der Waals surface area (Å²) in [6.45, 7) is 9.38. The molecule has 3 heteroatoms. The predicted octanol–water partition coefficient (Wildman–Crippen LogP) is 4.63. The number of likely N-dealkylation sites (tertiary alicyclic amines) is 1. The maximum absolute atomic E-state index is 12.7. The van der Waals surface area contributed by atoms with Gasteiger partial charge in [0, 0.05) is 17.0 Å². The lowest BCUT2D eigenvalue weighted by Crippen LogP contribution is -2.45. The van der Waals surface area contributed by atoms with Crippen molar-refractivity contribution in [2.24, 2.45) is 5.41 Å². The van der Waals surface area contributed by atoms with E-state index in [2.05, 4.69) is 43.0 Å². The summed E-state index contributed by atoms with van der Waals surface area (Å²) in [5.74, 6) is -0.358. The van der Waals surface area contributed by atoms with Gasteiger partial charge in [0.1, 0.15) is 0 Å². The van der Waals surface area contributed by atoms with E-state index >= 15 is 0 Å². The van der Waals surface area contributed by atoms with Crippen LogP contribution in [0.25, 0.3) is 11.1 Å². The molecule has 0 N–H and O–H groups in total. The van der Waals surface area contributed by atoms with E-state index in [0.717, 1.165) is 11.1 Å². The maximum atomic E-state index is 12.7. The summed E-state index contributed by atoms with van der Waals surface area (Å²) in [5.41, 5.74) is 3.38. The number of rotatable bonds is 3. The number of hydrogen-bond donors (Lipinski definition) is 0. The first-order chi connectivity index (χ1) is 12.3. The van der Waals surface area contributed by atoms with Crippen LogP contribution in [0.2, 0.25) is 0 Å². The summed E-state index contributed by atoms with van der Waals surface area (Å²) < 4.78 is 0. The minimum Gasteiger partial charge on any atom is -0.275 e. The van der Waals surface area contributed by atoms with Crippen molar-refractivity contribution in [3.63, 3.8) is 0 Å². The predicted molar refractivity (Wildman–Crippen MR) is 104 cm³/mol. The maximum Gasteiger partial charge on any atom is 0.256 e. The summed E-state index contributed by atoms with van der Waals surface area (Å²) in [7, 11) is 0. The van der Waals surface area contributed by atoms with Gasteiger partial charge in [-0.1, -0.05) is 81.9 Å². The average Bonchev–Trinajstić information content (AvgIpc) is 2.88. The van der Waals surface area contributed by atoms with Crippen molar-refractivity contribution < 1.29 is 9.59 Å². The molecular formula is C23H25NO2. The molecule has 1 atom stereocenters. The SMILES string of the molecule is C=C1CC(Cc2ccc(-c3ccccc3)cc2)N(C(=O)C(C)(C)C)C1=O. The summed E-state index contributed by atoms with van der Waals surface area (Å²) in [4.78, 5) is 26.6. The summed E-state index contributed by atoms with van der Waals surface area (Å²) >= 11 is 0. The molecule has 1 aliphatic heterocycles. The minimum absolute atomic E-state index is 0.132. The number of imide groups is 1. The number of amides is 2. The van der Waals surface area contributed by atoms with Crippen LogP contribution in [0.4, 0.5) is 0 Å². The van der Waals surface area contributed by atoms with Crippen LogP contribution in [0.1, 0.15) is 32.8 Å². The molecule has 3 rings (SSSR count). The van der Waals surface area contributed by atoms with Crippen LogP contribution in [-0.4, -0.2) is 22.8 Å². The number of benzene rings is 2. The van der Waals surface area contributed by atoms with Crippen molar-refractivity contribution >= 4 is 11.8 Å². The second kappa shape index (κ2) is 6.91. The topological polar surface area (TPSA) is 37.4 Å². The van der Waals surface area contributed by atoms with Gasteiger partial charge in [-0.15, -0.1) is 0 Å². The van der Waals surface area contributed by atoms with Gasteiger partial charge >= 0.3 is 0 Å². The highest BCUT2D eigenvalue weighted by Gasteiger charge is 2.42. The van der Waals surface area contributed by atoms with Gasteiger partial charge in [0.25, 0.3) is 5.91 Å². The normalized spacial score (nSPS) is 17.7.